The summed E-state index contributed by atoms with van der Waals surface area (Å²) in [6.07, 6.45) is -0.858. The van der Waals surface area contributed by atoms with E-state index in [1.165, 1.54) is 36.3 Å². The van der Waals surface area contributed by atoms with Gasteiger partial charge >= 0.3 is 6.09 Å². The third-order valence-electron chi connectivity index (χ3n) is 6.99. The van der Waals surface area contributed by atoms with Gasteiger partial charge in [0, 0.05) is 39.1 Å². The molecule has 0 aliphatic carbocycles. The highest BCUT2D eigenvalue weighted by atomic mass is 32.2. The van der Waals surface area contributed by atoms with Crippen molar-refractivity contribution in [1.29, 1.82) is 0 Å². The summed E-state index contributed by atoms with van der Waals surface area (Å²) < 4.78 is 49.8. The van der Waals surface area contributed by atoms with E-state index in [-0.39, 0.29) is 69.8 Å². The molecule has 2 aromatic rings. The van der Waals surface area contributed by atoms with E-state index in [0.29, 0.717) is 22.8 Å². The molecular weight excluding hydrogens is 572 g/mol. The Bertz CT molecular complexity index is 1380. The number of rotatable bonds is 11. The van der Waals surface area contributed by atoms with E-state index in [2.05, 4.69) is 0 Å². The number of piperazine rings is 1. The maximum absolute atomic E-state index is 14.0. The summed E-state index contributed by atoms with van der Waals surface area (Å²) in [5, 5.41) is 9.57. The molecule has 1 saturated heterocycles. The number of carbonyl (C=O) groups excluding carboxylic acids is 3. The van der Waals surface area contributed by atoms with Gasteiger partial charge in [0.1, 0.15) is 11.8 Å². The highest BCUT2D eigenvalue weighted by Crippen LogP contribution is 2.34. The molecule has 4 rings (SSSR count). The zero-order valence-electron chi connectivity index (χ0n) is 23.4. The van der Waals surface area contributed by atoms with Crippen molar-refractivity contribution in [3.05, 3.63) is 48.0 Å². The van der Waals surface area contributed by atoms with Crippen LogP contribution in [-0.4, -0.2) is 98.4 Å². The molecule has 42 heavy (non-hydrogen) atoms. The Kier molecular flexibility index (Phi) is 10.1. The first-order valence-electron chi connectivity index (χ1n) is 13.4. The molecule has 14 nitrogen and oxygen atoms in total. The van der Waals surface area contributed by atoms with E-state index in [1.807, 2.05) is 0 Å². The predicted molar refractivity (Wildman–Crippen MR) is 146 cm³/mol. The van der Waals surface area contributed by atoms with Gasteiger partial charge in [-0.15, -0.1) is 0 Å². The molecule has 15 heteroatoms. The Morgan fingerprint density at radius 3 is 2.33 bits per heavy atom. The lowest BCUT2D eigenvalue weighted by Crippen LogP contribution is -2.52. The van der Waals surface area contributed by atoms with Gasteiger partial charge in [-0.25, -0.2) is 18.7 Å². The van der Waals surface area contributed by atoms with Gasteiger partial charge in [0.15, 0.2) is 11.5 Å². The van der Waals surface area contributed by atoms with Gasteiger partial charge in [0.25, 0.3) is 5.91 Å². The molecule has 2 N–H and O–H groups in total. The van der Waals surface area contributed by atoms with E-state index < -0.39 is 28.1 Å². The minimum absolute atomic E-state index is 0.0261. The fraction of sp³-hybridized carbons (Fsp3) is 0.444. The van der Waals surface area contributed by atoms with Crippen LogP contribution in [0.5, 0.6) is 17.2 Å². The quantitative estimate of drug-likeness (QED) is 0.283. The zero-order chi connectivity index (χ0) is 30.3. The molecule has 3 amide bonds. The Balaban J connectivity index is 1.57. The molecule has 2 aliphatic heterocycles. The minimum Gasteiger partial charge on any atom is -0.497 e. The minimum atomic E-state index is -4.34. The number of methoxy groups -OCH3 is 1. The molecule has 0 bridgehead atoms. The predicted octanol–water partition coefficient (Wildman–Crippen LogP) is 1.57. The zero-order valence-corrected chi connectivity index (χ0v) is 24.2. The molecule has 2 heterocycles. The number of nitrogens with zero attached hydrogens (tertiary/aromatic N) is 3. The Morgan fingerprint density at radius 1 is 1.02 bits per heavy atom. The summed E-state index contributed by atoms with van der Waals surface area (Å²) >= 11 is 0. The highest BCUT2D eigenvalue weighted by Gasteiger charge is 2.37. The Morgan fingerprint density at radius 2 is 1.69 bits per heavy atom. The first-order valence-corrected chi connectivity index (χ1v) is 14.8. The molecule has 0 saturated carbocycles. The van der Waals surface area contributed by atoms with E-state index in [0.717, 1.165) is 4.31 Å². The number of carbonyl (C=O) groups is 3. The number of hydrogen-bond donors (Lipinski definition) is 2. The van der Waals surface area contributed by atoms with Crippen molar-refractivity contribution >= 4 is 27.9 Å². The molecule has 2 aliphatic rings. The smallest absolute Gasteiger partial charge is 0.409 e. The molecule has 2 aromatic carbocycles. The van der Waals surface area contributed by atoms with E-state index in [9.17, 15) is 28.0 Å². The average molecular weight is 607 g/mol. The molecule has 1 atom stereocenters. The van der Waals surface area contributed by atoms with Gasteiger partial charge in [-0.3, -0.25) is 14.8 Å². The van der Waals surface area contributed by atoms with Gasteiger partial charge in [-0.05, 0) is 55.3 Å². The normalized spacial score (nSPS) is 15.3. The van der Waals surface area contributed by atoms with Crippen molar-refractivity contribution < 1.29 is 47.0 Å². The second kappa shape index (κ2) is 13.7. The molecule has 0 aromatic heterocycles. The number of fused-ring (bicyclic) bond motifs is 1. The van der Waals surface area contributed by atoms with Gasteiger partial charge in [-0.1, -0.05) is 6.07 Å². The summed E-state index contributed by atoms with van der Waals surface area (Å²) in [5.74, 6) is 0.0534. The molecule has 0 radical (unpaired) electrons. The summed E-state index contributed by atoms with van der Waals surface area (Å²) in [5.41, 5.74) is 2.05. The fourth-order valence-electron chi connectivity index (χ4n) is 4.72. The van der Waals surface area contributed by atoms with Crippen LogP contribution in [0.4, 0.5) is 4.79 Å². The Hall–Kier alpha value is -4.08. The van der Waals surface area contributed by atoms with Crippen LogP contribution >= 0.6 is 0 Å². The number of nitrogens with one attached hydrogen (secondary N) is 1. The molecule has 0 unspecified atom stereocenters. The topological polar surface area (TPSA) is 164 Å². The van der Waals surface area contributed by atoms with E-state index in [4.69, 9.17) is 18.9 Å². The second-order valence-corrected chi connectivity index (χ2v) is 11.4. The first-order chi connectivity index (χ1) is 20.2. The third-order valence-corrected chi connectivity index (χ3v) is 8.86. The lowest BCUT2D eigenvalue weighted by Gasteiger charge is -2.35. The fourth-order valence-corrected chi connectivity index (χ4v) is 6.32. The summed E-state index contributed by atoms with van der Waals surface area (Å²) in [6.45, 7) is 2.81. The van der Waals surface area contributed by atoms with Crippen LogP contribution in [0.3, 0.4) is 0 Å². The molecule has 0 spiro atoms. The molecule has 1 fully saturated rings. The number of sulfonamides is 1. The lowest BCUT2D eigenvalue weighted by atomic mass is 10.1. The third kappa shape index (κ3) is 7.03. The van der Waals surface area contributed by atoms with Gasteiger partial charge in [0.2, 0.25) is 22.7 Å². The van der Waals surface area contributed by atoms with Crippen LogP contribution in [-0.2, 0) is 30.9 Å². The number of benzene rings is 2. The van der Waals surface area contributed by atoms with Crippen molar-refractivity contribution in [2.75, 3.05) is 46.7 Å². The number of amides is 3. The summed E-state index contributed by atoms with van der Waals surface area (Å²) in [4.78, 5) is 41.0. The van der Waals surface area contributed by atoms with Crippen molar-refractivity contribution in [2.24, 2.45) is 0 Å². The Labute approximate surface area is 243 Å². The second-order valence-electron chi connectivity index (χ2n) is 9.51. The van der Waals surface area contributed by atoms with E-state index >= 15 is 0 Å². The van der Waals surface area contributed by atoms with Crippen molar-refractivity contribution in [2.45, 2.75) is 37.2 Å². The van der Waals surface area contributed by atoms with Gasteiger partial charge < -0.3 is 28.7 Å². The summed E-state index contributed by atoms with van der Waals surface area (Å²) in [6, 6.07) is 9.10. The van der Waals surface area contributed by atoms with Crippen molar-refractivity contribution in [3.63, 3.8) is 0 Å². The molecular formula is C27H34N4O10S. The lowest BCUT2D eigenvalue weighted by molar-refractivity contribution is -0.135. The SMILES string of the molecule is CCOC(=O)N1CCN(C(=O)CC[C@H](C(=O)NO)N(Cc2ccc3c(c2)OCO3)S(=O)(=O)c2ccc(OC)cc2)CC1. The summed E-state index contributed by atoms with van der Waals surface area (Å²) in [7, 11) is -2.89. The number of hydroxylamine groups is 1. The van der Waals surface area contributed by atoms with Crippen molar-refractivity contribution in [1.82, 2.24) is 19.6 Å². The maximum Gasteiger partial charge on any atom is 0.409 e. The van der Waals surface area contributed by atoms with Crippen LogP contribution < -0.4 is 19.7 Å². The van der Waals surface area contributed by atoms with Gasteiger partial charge in [0.05, 0.1) is 18.6 Å². The van der Waals surface area contributed by atoms with Crippen LogP contribution in [0.1, 0.15) is 25.3 Å². The standard InChI is InChI=1S/C27H34N4O10S/c1-3-39-27(34)30-14-12-29(13-15-30)25(32)11-9-22(26(33)28-35)31(17-19-4-10-23-24(16-19)41-18-40-23)42(36,37)21-7-5-20(38-2)6-8-21/h4-8,10,16,22,35H,3,9,11-15,17-18H2,1-2H3,(H,28,33)/t22-/m1/s1. The largest absolute Gasteiger partial charge is 0.497 e. The maximum atomic E-state index is 14.0. The first kappa shape index (κ1) is 30.9. The number of hydrogen-bond acceptors (Lipinski definition) is 10. The average Bonchev–Trinajstić information content (AvgIpc) is 3.48. The molecule has 228 valence electrons. The highest BCUT2D eigenvalue weighted by molar-refractivity contribution is 7.89. The van der Waals surface area contributed by atoms with Crippen LogP contribution in [0, 0.1) is 0 Å². The van der Waals surface area contributed by atoms with Crippen LogP contribution in [0.2, 0.25) is 0 Å². The number of ether oxygens (including phenoxy) is 4. The van der Waals surface area contributed by atoms with Crippen molar-refractivity contribution in [3.8, 4) is 17.2 Å². The van der Waals surface area contributed by atoms with Crippen LogP contribution in [0.25, 0.3) is 0 Å². The van der Waals surface area contributed by atoms with Crippen LogP contribution in [0.15, 0.2) is 47.4 Å². The van der Waals surface area contributed by atoms with E-state index in [1.54, 1.807) is 35.5 Å². The van der Waals surface area contributed by atoms with Gasteiger partial charge in [-0.2, -0.15) is 4.31 Å². The monoisotopic (exact) mass is 606 g/mol.